The van der Waals surface area contributed by atoms with Crippen LogP contribution in [-0.2, 0) is 9.47 Å². The number of hydrogen-bond donors (Lipinski definition) is 1. The van der Waals surface area contributed by atoms with Crippen molar-refractivity contribution >= 4 is 0 Å². The molecule has 1 N–H and O–H groups in total. The second-order valence-corrected chi connectivity index (χ2v) is 4.78. The van der Waals surface area contributed by atoms with Gasteiger partial charge in [0, 0.05) is 19.8 Å². The Balaban J connectivity index is 3.66. The summed E-state index contributed by atoms with van der Waals surface area (Å²) in [6.07, 6.45) is 6.49. The summed E-state index contributed by atoms with van der Waals surface area (Å²) in [4.78, 5) is 0. The van der Waals surface area contributed by atoms with Gasteiger partial charge in [0.15, 0.2) is 6.29 Å². The Morgan fingerprint density at radius 2 is 1.39 bits per heavy atom. The van der Waals surface area contributed by atoms with Crippen LogP contribution in [-0.4, -0.2) is 32.6 Å². The predicted octanol–water partition coefficient (Wildman–Crippen LogP) is 3.58. The fourth-order valence-electron chi connectivity index (χ4n) is 2.31. The van der Waals surface area contributed by atoms with Crippen LogP contribution in [0.2, 0.25) is 0 Å². The zero-order valence-electron chi connectivity index (χ0n) is 12.8. The van der Waals surface area contributed by atoms with Crippen molar-refractivity contribution in [3.8, 4) is 0 Å². The molecule has 0 rings (SSSR count). The molecular formula is C15H33NO2. The van der Waals surface area contributed by atoms with Gasteiger partial charge in [-0.1, -0.05) is 39.5 Å². The van der Waals surface area contributed by atoms with Gasteiger partial charge in [-0.05, 0) is 32.7 Å². The summed E-state index contributed by atoms with van der Waals surface area (Å²) in [6.45, 7) is 11.8. The average molecular weight is 259 g/mol. The van der Waals surface area contributed by atoms with Crippen LogP contribution in [0, 0.1) is 5.92 Å². The minimum absolute atomic E-state index is 0.0872. The summed E-state index contributed by atoms with van der Waals surface area (Å²) in [6, 6.07) is 0. The van der Waals surface area contributed by atoms with E-state index in [-0.39, 0.29) is 6.29 Å². The Bertz CT molecular complexity index is 135. The van der Waals surface area contributed by atoms with E-state index in [1.165, 1.54) is 32.1 Å². The zero-order valence-corrected chi connectivity index (χ0v) is 12.8. The van der Waals surface area contributed by atoms with Gasteiger partial charge in [-0.3, -0.25) is 0 Å². The topological polar surface area (TPSA) is 30.5 Å². The van der Waals surface area contributed by atoms with E-state index in [4.69, 9.17) is 9.47 Å². The first-order valence-corrected chi connectivity index (χ1v) is 7.72. The van der Waals surface area contributed by atoms with E-state index in [2.05, 4.69) is 19.2 Å². The molecule has 0 aliphatic carbocycles. The highest BCUT2D eigenvalue weighted by Crippen LogP contribution is 2.16. The molecule has 0 aromatic heterocycles. The van der Waals surface area contributed by atoms with Crippen LogP contribution in [0.5, 0.6) is 0 Å². The van der Waals surface area contributed by atoms with E-state index in [9.17, 15) is 0 Å². The Kier molecular flexibility index (Phi) is 13.2. The number of ether oxygens (including phenoxy) is 2. The third-order valence-electron chi connectivity index (χ3n) is 3.14. The normalized spacial score (nSPS) is 11.7. The highest BCUT2D eigenvalue weighted by atomic mass is 16.7. The van der Waals surface area contributed by atoms with E-state index in [1.54, 1.807) is 0 Å². The summed E-state index contributed by atoms with van der Waals surface area (Å²) in [7, 11) is 0. The van der Waals surface area contributed by atoms with Crippen molar-refractivity contribution in [1.82, 2.24) is 5.32 Å². The highest BCUT2D eigenvalue weighted by molar-refractivity contribution is 4.61. The summed E-state index contributed by atoms with van der Waals surface area (Å²) in [5.41, 5.74) is 0. The minimum atomic E-state index is -0.0872. The minimum Gasteiger partial charge on any atom is -0.352 e. The molecule has 0 aromatic rings. The summed E-state index contributed by atoms with van der Waals surface area (Å²) < 4.78 is 11.0. The molecule has 3 heteroatoms. The molecule has 0 aromatic carbocycles. The Hall–Kier alpha value is -0.120. The first-order chi connectivity index (χ1) is 8.78. The Morgan fingerprint density at radius 1 is 0.833 bits per heavy atom. The van der Waals surface area contributed by atoms with Crippen molar-refractivity contribution in [1.29, 1.82) is 0 Å². The van der Waals surface area contributed by atoms with Crippen molar-refractivity contribution < 1.29 is 9.47 Å². The molecule has 0 atom stereocenters. The fourth-order valence-corrected chi connectivity index (χ4v) is 2.31. The van der Waals surface area contributed by atoms with Gasteiger partial charge in [-0.25, -0.2) is 0 Å². The lowest BCUT2D eigenvalue weighted by Crippen LogP contribution is -2.32. The molecule has 18 heavy (non-hydrogen) atoms. The Labute approximate surface area is 114 Å². The summed E-state index contributed by atoms with van der Waals surface area (Å²) in [5.74, 6) is 0.880. The van der Waals surface area contributed by atoms with Crippen LogP contribution in [0.4, 0.5) is 0 Å². The molecule has 0 fully saturated rings. The molecule has 0 radical (unpaired) electrons. The molecular weight excluding hydrogens is 226 g/mol. The lowest BCUT2D eigenvalue weighted by molar-refractivity contribution is -0.132. The molecule has 0 amide bonds. The maximum atomic E-state index is 5.50. The molecule has 0 saturated heterocycles. The maximum absolute atomic E-state index is 5.50. The molecule has 0 heterocycles. The van der Waals surface area contributed by atoms with Crippen molar-refractivity contribution in [2.45, 2.75) is 66.1 Å². The SMILES string of the molecule is CCCC(CCC)CCNCC(OCC)OCC. The van der Waals surface area contributed by atoms with Gasteiger partial charge in [0.1, 0.15) is 0 Å². The van der Waals surface area contributed by atoms with E-state index < -0.39 is 0 Å². The number of nitrogens with one attached hydrogen (secondary N) is 1. The molecule has 0 aliphatic rings. The first-order valence-electron chi connectivity index (χ1n) is 7.72. The second-order valence-electron chi connectivity index (χ2n) is 4.78. The maximum Gasteiger partial charge on any atom is 0.169 e. The summed E-state index contributed by atoms with van der Waals surface area (Å²) in [5, 5.41) is 3.45. The van der Waals surface area contributed by atoms with Gasteiger partial charge in [0.05, 0.1) is 0 Å². The standard InChI is InChI=1S/C15H33NO2/c1-5-9-14(10-6-2)11-12-16-13-15(17-7-3)18-8-4/h14-16H,5-13H2,1-4H3. The lowest BCUT2D eigenvalue weighted by Gasteiger charge is -2.19. The van der Waals surface area contributed by atoms with Crippen LogP contribution in [0.1, 0.15) is 59.8 Å². The van der Waals surface area contributed by atoms with Crippen LogP contribution >= 0.6 is 0 Å². The Morgan fingerprint density at radius 3 is 1.83 bits per heavy atom. The molecule has 0 saturated carbocycles. The van der Waals surface area contributed by atoms with Crippen LogP contribution < -0.4 is 5.32 Å². The monoisotopic (exact) mass is 259 g/mol. The first kappa shape index (κ1) is 17.9. The third kappa shape index (κ3) is 9.86. The molecule has 0 bridgehead atoms. The van der Waals surface area contributed by atoms with E-state index >= 15 is 0 Å². The van der Waals surface area contributed by atoms with Crippen LogP contribution in [0.15, 0.2) is 0 Å². The van der Waals surface area contributed by atoms with Crippen molar-refractivity contribution in [2.75, 3.05) is 26.3 Å². The molecule has 0 spiro atoms. The lowest BCUT2D eigenvalue weighted by atomic mass is 9.95. The van der Waals surface area contributed by atoms with E-state index in [0.717, 1.165) is 19.0 Å². The smallest absolute Gasteiger partial charge is 0.169 e. The second kappa shape index (κ2) is 13.3. The van der Waals surface area contributed by atoms with Gasteiger partial charge >= 0.3 is 0 Å². The molecule has 3 nitrogen and oxygen atoms in total. The average Bonchev–Trinajstić information content (AvgIpc) is 2.35. The predicted molar refractivity (Wildman–Crippen MR) is 77.8 cm³/mol. The molecule has 0 unspecified atom stereocenters. The van der Waals surface area contributed by atoms with Gasteiger partial charge in [0.25, 0.3) is 0 Å². The van der Waals surface area contributed by atoms with Gasteiger partial charge in [-0.15, -0.1) is 0 Å². The zero-order chi connectivity index (χ0) is 13.6. The quantitative estimate of drug-likeness (QED) is 0.405. The number of hydrogen-bond acceptors (Lipinski definition) is 3. The molecule has 110 valence electrons. The van der Waals surface area contributed by atoms with Crippen LogP contribution in [0.25, 0.3) is 0 Å². The van der Waals surface area contributed by atoms with Crippen LogP contribution in [0.3, 0.4) is 0 Å². The van der Waals surface area contributed by atoms with Gasteiger partial charge in [0.2, 0.25) is 0 Å². The van der Waals surface area contributed by atoms with Crippen molar-refractivity contribution in [2.24, 2.45) is 5.92 Å². The van der Waals surface area contributed by atoms with E-state index in [0.29, 0.717) is 13.2 Å². The highest BCUT2D eigenvalue weighted by Gasteiger charge is 2.09. The summed E-state index contributed by atoms with van der Waals surface area (Å²) >= 11 is 0. The third-order valence-corrected chi connectivity index (χ3v) is 3.14. The van der Waals surface area contributed by atoms with E-state index in [1.807, 2.05) is 13.8 Å². The van der Waals surface area contributed by atoms with Crippen molar-refractivity contribution in [3.05, 3.63) is 0 Å². The fraction of sp³-hybridized carbons (Fsp3) is 1.00. The van der Waals surface area contributed by atoms with Gasteiger partial charge in [-0.2, -0.15) is 0 Å². The largest absolute Gasteiger partial charge is 0.352 e. The van der Waals surface area contributed by atoms with Crippen molar-refractivity contribution in [3.63, 3.8) is 0 Å². The van der Waals surface area contributed by atoms with Gasteiger partial charge < -0.3 is 14.8 Å². The number of rotatable bonds is 13. The molecule has 0 aliphatic heterocycles.